The lowest BCUT2D eigenvalue weighted by Gasteiger charge is -2.07. The van der Waals surface area contributed by atoms with Gasteiger partial charge in [0.05, 0.1) is 13.2 Å². The predicted molar refractivity (Wildman–Crippen MR) is 79.3 cm³/mol. The monoisotopic (exact) mass is 267 g/mol. The minimum atomic E-state index is 0.0618. The van der Waals surface area contributed by atoms with E-state index in [-0.39, 0.29) is 13.2 Å². The first kappa shape index (κ1) is 12.9. The molecule has 0 saturated carbocycles. The standard InChI is InChI=1S/C17H17NO2/c19-11-14-3-1-13(2-4-14)10-18-8-7-16-6-5-15(12-20)9-17(16)18/h1-9,19-20H,10-12H2. The van der Waals surface area contributed by atoms with Crippen LogP contribution < -0.4 is 0 Å². The molecule has 3 rings (SSSR count). The van der Waals surface area contributed by atoms with Gasteiger partial charge in [-0.05, 0) is 34.2 Å². The fourth-order valence-corrected chi connectivity index (χ4v) is 2.41. The maximum absolute atomic E-state index is 9.24. The van der Waals surface area contributed by atoms with Gasteiger partial charge >= 0.3 is 0 Å². The van der Waals surface area contributed by atoms with Crippen molar-refractivity contribution >= 4 is 10.9 Å². The molecule has 2 aromatic carbocycles. The zero-order chi connectivity index (χ0) is 13.9. The van der Waals surface area contributed by atoms with E-state index in [1.54, 1.807) is 0 Å². The lowest BCUT2D eigenvalue weighted by Crippen LogP contribution is -1.98. The van der Waals surface area contributed by atoms with Gasteiger partial charge in [-0.2, -0.15) is 0 Å². The second kappa shape index (κ2) is 5.49. The third kappa shape index (κ3) is 2.46. The average molecular weight is 267 g/mol. The summed E-state index contributed by atoms with van der Waals surface area (Å²) in [6, 6.07) is 16.0. The van der Waals surface area contributed by atoms with Crippen molar-refractivity contribution in [2.75, 3.05) is 0 Å². The van der Waals surface area contributed by atoms with Gasteiger partial charge < -0.3 is 14.8 Å². The Bertz CT molecular complexity index is 713. The van der Waals surface area contributed by atoms with Gasteiger partial charge in [-0.3, -0.25) is 0 Å². The smallest absolute Gasteiger partial charge is 0.0682 e. The molecular formula is C17H17NO2. The lowest BCUT2D eigenvalue weighted by molar-refractivity contribution is 0.281. The normalized spacial score (nSPS) is 11.1. The first-order chi connectivity index (χ1) is 9.80. The summed E-state index contributed by atoms with van der Waals surface area (Å²) in [7, 11) is 0. The van der Waals surface area contributed by atoms with Gasteiger partial charge in [-0.1, -0.05) is 36.4 Å². The molecule has 0 atom stereocenters. The Morgan fingerprint density at radius 1 is 0.750 bits per heavy atom. The van der Waals surface area contributed by atoms with E-state index in [4.69, 9.17) is 5.11 Å². The van der Waals surface area contributed by atoms with Gasteiger partial charge in [0.1, 0.15) is 0 Å². The number of aromatic nitrogens is 1. The van der Waals surface area contributed by atoms with Crippen molar-refractivity contribution in [1.29, 1.82) is 0 Å². The lowest BCUT2D eigenvalue weighted by atomic mass is 10.1. The summed E-state index contributed by atoms with van der Waals surface area (Å²) in [5, 5.41) is 19.5. The molecule has 0 saturated heterocycles. The second-order valence-electron chi connectivity index (χ2n) is 4.97. The van der Waals surface area contributed by atoms with Crippen molar-refractivity contribution < 1.29 is 10.2 Å². The molecular weight excluding hydrogens is 250 g/mol. The van der Waals surface area contributed by atoms with Crippen LogP contribution in [0.5, 0.6) is 0 Å². The highest BCUT2D eigenvalue weighted by molar-refractivity contribution is 5.80. The highest BCUT2D eigenvalue weighted by Crippen LogP contribution is 2.19. The minimum absolute atomic E-state index is 0.0618. The molecule has 0 unspecified atom stereocenters. The Balaban J connectivity index is 1.93. The number of hydrogen-bond acceptors (Lipinski definition) is 2. The summed E-state index contributed by atoms with van der Waals surface area (Å²) in [5.74, 6) is 0. The zero-order valence-electron chi connectivity index (χ0n) is 11.2. The van der Waals surface area contributed by atoms with Crippen LogP contribution in [0.2, 0.25) is 0 Å². The molecule has 102 valence electrons. The van der Waals surface area contributed by atoms with E-state index in [1.165, 1.54) is 10.9 Å². The number of rotatable bonds is 4. The number of aliphatic hydroxyl groups is 2. The summed E-state index contributed by atoms with van der Waals surface area (Å²) in [6.07, 6.45) is 2.06. The van der Waals surface area contributed by atoms with Gasteiger partial charge in [0.2, 0.25) is 0 Å². The number of fused-ring (bicyclic) bond motifs is 1. The van der Waals surface area contributed by atoms with E-state index in [2.05, 4.69) is 16.8 Å². The van der Waals surface area contributed by atoms with Crippen molar-refractivity contribution in [3.8, 4) is 0 Å². The third-order valence-electron chi connectivity index (χ3n) is 3.58. The molecule has 0 fully saturated rings. The van der Waals surface area contributed by atoms with Crippen LogP contribution in [0.15, 0.2) is 54.7 Å². The molecule has 2 N–H and O–H groups in total. The van der Waals surface area contributed by atoms with Crippen molar-refractivity contribution in [3.63, 3.8) is 0 Å². The molecule has 0 spiro atoms. The molecule has 0 aliphatic carbocycles. The summed E-state index contributed by atoms with van der Waals surface area (Å²) < 4.78 is 2.17. The summed E-state index contributed by atoms with van der Waals surface area (Å²) in [4.78, 5) is 0. The molecule has 0 amide bonds. The SMILES string of the molecule is OCc1ccc(Cn2ccc3ccc(CO)cc32)cc1. The van der Waals surface area contributed by atoms with E-state index in [9.17, 15) is 5.11 Å². The van der Waals surface area contributed by atoms with Crippen LogP contribution in [0.3, 0.4) is 0 Å². The highest BCUT2D eigenvalue weighted by Gasteiger charge is 2.03. The Hall–Kier alpha value is -2.10. The Morgan fingerprint density at radius 2 is 1.40 bits per heavy atom. The molecule has 3 nitrogen and oxygen atoms in total. The first-order valence-corrected chi connectivity index (χ1v) is 6.67. The summed E-state index contributed by atoms with van der Waals surface area (Å²) in [5.41, 5.74) is 4.17. The molecule has 1 heterocycles. The Kier molecular flexibility index (Phi) is 3.54. The fourth-order valence-electron chi connectivity index (χ4n) is 2.41. The first-order valence-electron chi connectivity index (χ1n) is 6.67. The van der Waals surface area contributed by atoms with Crippen LogP contribution in [0.1, 0.15) is 16.7 Å². The number of nitrogens with zero attached hydrogens (tertiary/aromatic N) is 1. The van der Waals surface area contributed by atoms with Crippen molar-refractivity contribution in [2.24, 2.45) is 0 Å². The van der Waals surface area contributed by atoms with Crippen LogP contribution in [0.25, 0.3) is 10.9 Å². The van der Waals surface area contributed by atoms with Crippen molar-refractivity contribution in [1.82, 2.24) is 4.57 Å². The van der Waals surface area contributed by atoms with Gasteiger partial charge in [-0.25, -0.2) is 0 Å². The van der Waals surface area contributed by atoms with E-state index in [0.717, 1.165) is 23.2 Å². The fraction of sp³-hybridized carbons (Fsp3) is 0.176. The van der Waals surface area contributed by atoms with Crippen LogP contribution in [-0.4, -0.2) is 14.8 Å². The van der Waals surface area contributed by atoms with E-state index >= 15 is 0 Å². The largest absolute Gasteiger partial charge is 0.392 e. The van der Waals surface area contributed by atoms with Crippen LogP contribution in [-0.2, 0) is 19.8 Å². The molecule has 1 aromatic heterocycles. The predicted octanol–water partition coefficient (Wildman–Crippen LogP) is 2.67. The summed E-state index contributed by atoms with van der Waals surface area (Å²) >= 11 is 0. The molecule has 0 bridgehead atoms. The third-order valence-corrected chi connectivity index (χ3v) is 3.58. The van der Waals surface area contributed by atoms with Crippen LogP contribution >= 0.6 is 0 Å². The Labute approximate surface area is 117 Å². The molecule has 3 heteroatoms. The second-order valence-corrected chi connectivity index (χ2v) is 4.97. The zero-order valence-corrected chi connectivity index (χ0v) is 11.2. The molecule has 3 aromatic rings. The van der Waals surface area contributed by atoms with Crippen LogP contribution in [0.4, 0.5) is 0 Å². The van der Waals surface area contributed by atoms with E-state index in [0.29, 0.717) is 0 Å². The van der Waals surface area contributed by atoms with Gasteiger partial charge in [-0.15, -0.1) is 0 Å². The average Bonchev–Trinajstić information content (AvgIpc) is 2.90. The van der Waals surface area contributed by atoms with Gasteiger partial charge in [0.15, 0.2) is 0 Å². The maximum Gasteiger partial charge on any atom is 0.0682 e. The van der Waals surface area contributed by atoms with Gasteiger partial charge in [0, 0.05) is 18.3 Å². The highest BCUT2D eigenvalue weighted by atomic mass is 16.3. The quantitative estimate of drug-likeness (QED) is 0.763. The van der Waals surface area contributed by atoms with E-state index in [1.807, 2.05) is 42.5 Å². The molecule has 0 aliphatic heterocycles. The van der Waals surface area contributed by atoms with E-state index < -0.39 is 0 Å². The molecule has 0 radical (unpaired) electrons. The number of aliphatic hydroxyl groups excluding tert-OH is 2. The maximum atomic E-state index is 9.24. The molecule has 0 aliphatic rings. The van der Waals surface area contributed by atoms with Gasteiger partial charge in [0.25, 0.3) is 0 Å². The summed E-state index contributed by atoms with van der Waals surface area (Å²) in [6.45, 7) is 0.920. The van der Waals surface area contributed by atoms with Crippen LogP contribution in [0, 0.1) is 0 Å². The molecule has 20 heavy (non-hydrogen) atoms. The number of benzene rings is 2. The number of hydrogen-bond donors (Lipinski definition) is 2. The minimum Gasteiger partial charge on any atom is -0.392 e. The topological polar surface area (TPSA) is 45.4 Å². The van der Waals surface area contributed by atoms with Crippen molar-refractivity contribution in [2.45, 2.75) is 19.8 Å². The Morgan fingerprint density at radius 3 is 2.10 bits per heavy atom. The van der Waals surface area contributed by atoms with Crippen molar-refractivity contribution in [3.05, 3.63) is 71.4 Å².